The molecule has 1 aromatic rings. The molecule has 0 aromatic heterocycles. The highest BCUT2D eigenvalue weighted by molar-refractivity contribution is 14.0. The molecule has 5 nitrogen and oxygen atoms in total. The van der Waals surface area contributed by atoms with Gasteiger partial charge in [0.2, 0.25) is 0 Å². The van der Waals surface area contributed by atoms with Crippen LogP contribution in [0, 0.1) is 0 Å². The van der Waals surface area contributed by atoms with Crippen LogP contribution in [0.15, 0.2) is 23.2 Å². The average Bonchev–Trinajstić information content (AvgIpc) is 3.29. The van der Waals surface area contributed by atoms with E-state index in [2.05, 4.69) is 21.7 Å². The molecule has 0 bridgehead atoms. The average molecular weight is 403 g/mol. The number of guanidine groups is 1. The highest BCUT2D eigenvalue weighted by Gasteiger charge is 2.22. The van der Waals surface area contributed by atoms with E-state index in [1.54, 1.807) is 7.05 Å². The lowest BCUT2D eigenvalue weighted by atomic mass is 10.2. The lowest BCUT2D eigenvalue weighted by Crippen LogP contribution is -2.38. The van der Waals surface area contributed by atoms with Gasteiger partial charge in [-0.1, -0.05) is 12.1 Å². The standard InChI is InChI=1S/C15H21N3O2.HI/c1-16-15(18-12-6-7-12)17-10-11-4-2-5-13-14(11)20-9-3-8-19-13;/h2,4-5,12H,3,6-10H2,1H3,(H2,16,17,18);1H. The molecule has 3 rings (SSSR count). The first-order valence-corrected chi connectivity index (χ1v) is 7.21. The maximum Gasteiger partial charge on any atom is 0.191 e. The number of nitrogens with zero attached hydrogens (tertiary/aromatic N) is 1. The van der Waals surface area contributed by atoms with E-state index in [-0.39, 0.29) is 24.0 Å². The van der Waals surface area contributed by atoms with E-state index in [4.69, 9.17) is 9.47 Å². The minimum absolute atomic E-state index is 0. The maximum atomic E-state index is 5.81. The fourth-order valence-electron chi connectivity index (χ4n) is 2.19. The van der Waals surface area contributed by atoms with Crippen LogP contribution in [0.4, 0.5) is 0 Å². The molecule has 2 aliphatic rings. The van der Waals surface area contributed by atoms with Gasteiger partial charge in [-0.3, -0.25) is 4.99 Å². The summed E-state index contributed by atoms with van der Waals surface area (Å²) in [5.74, 6) is 2.55. The second-order valence-electron chi connectivity index (χ2n) is 5.14. The van der Waals surface area contributed by atoms with Gasteiger partial charge in [0, 0.05) is 31.6 Å². The van der Waals surface area contributed by atoms with Gasteiger partial charge >= 0.3 is 0 Å². The number of para-hydroxylation sites is 1. The van der Waals surface area contributed by atoms with E-state index >= 15 is 0 Å². The molecule has 6 heteroatoms. The molecule has 1 aromatic carbocycles. The molecule has 1 fully saturated rings. The summed E-state index contributed by atoms with van der Waals surface area (Å²) in [5, 5.41) is 6.70. The van der Waals surface area contributed by atoms with Crippen molar-refractivity contribution in [3.8, 4) is 11.5 Å². The van der Waals surface area contributed by atoms with Crippen molar-refractivity contribution in [2.24, 2.45) is 4.99 Å². The summed E-state index contributed by atoms with van der Waals surface area (Å²) in [6.07, 6.45) is 3.39. The van der Waals surface area contributed by atoms with Gasteiger partial charge in [0.25, 0.3) is 0 Å². The summed E-state index contributed by atoms with van der Waals surface area (Å²) in [5.41, 5.74) is 1.10. The smallest absolute Gasteiger partial charge is 0.191 e. The zero-order chi connectivity index (χ0) is 13.8. The number of benzene rings is 1. The largest absolute Gasteiger partial charge is 0.490 e. The number of halogens is 1. The Balaban J connectivity index is 0.00000161. The van der Waals surface area contributed by atoms with Crippen molar-refractivity contribution in [2.75, 3.05) is 20.3 Å². The molecular weight excluding hydrogens is 381 g/mol. The second kappa shape index (κ2) is 7.72. The Morgan fingerprint density at radius 1 is 1.29 bits per heavy atom. The molecule has 0 amide bonds. The Bertz CT molecular complexity index is 504. The molecule has 1 aliphatic heterocycles. The highest BCUT2D eigenvalue weighted by Crippen LogP contribution is 2.33. The number of fused-ring (bicyclic) bond motifs is 1. The lowest BCUT2D eigenvalue weighted by molar-refractivity contribution is 0.296. The molecule has 1 saturated carbocycles. The number of hydrogen-bond acceptors (Lipinski definition) is 3. The summed E-state index contributed by atoms with van der Waals surface area (Å²) >= 11 is 0. The molecule has 0 radical (unpaired) electrons. The van der Waals surface area contributed by atoms with E-state index in [1.807, 2.05) is 12.1 Å². The third-order valence-electron chi connectivity index (χ3n) is 3.44. The number of rotatable bonds is 3. The Morgan fingerprint density at radius 2 is 2.10 bits per heavy atom. The molecule has 0 spiro atoms. The van der Waals surface area contributed by atoms with Crippen LogP contribution in [0.5, 0.6) is 11.5 Å². The van der Waals surface area contributed by atoms with Crippen LogP contribution in [0.1, 0.15) is 24.8 Å². The fourth-order valence-corrected chi connectivity index (χ4v) is 2.19. The SMILES string of the molecule is CN=C(NCc1cccc2c1OCCCO2)NC1CC1.I. The van der Waals surface area contributed by atoms with Crippen LogP contribution in [-0.2, 0) is 6.54 Å². The van der Waals surface area contributed by atoms with Crippen LogP contribution < -0.4 is 20.1 Å². The highest BCUT2D eigenvalue weighted by atomic mass is 127. The van der Waals surface area contributed by atoms with Crippen molar-refractivity contribution >= 4 is 29.9 Å². The first-order chi connectivity index (χ1) is 9.86. The van der Waals surface area contributed by atoms with Crippen LogP contribution in [-0.4, -0.2) is 32.3 Å². The summed E-state index contributed by atoms with van der Waals surface area (Å²) in [6, 6.07) is 6.61. The Labute approximate surface area is 142 Å². The van der Waals surface area contributed by atoms with E-state index in [9.17, 15) is 0 Å². The Kier molecular flexibility index (Phi) is 5.96. The van der Waals surface area contributed by atoms with Crippen molar-refractivity contribution in [1.29, 1.82) is 0 Å². The van der Waals surface area contributed by atoms with E-state index in [0.717, 1.165) is 36.0 Å². The van der Waals surface area contributed by atoms with Crippen molar-refractivity contribution < 1.29 is 9.47 Å². The normalized spacial score (nSPS) is 17.5. The van der Waals surface area contributed by atoms with Crippen LogP contribution in [0.25, 0.3) is 0 Å². The number of aliphatic imine (C=N–C) groups is 1. The Morgan fingerprint density at radius 3 is 2.86 bits per heavy atom. The van der Waals surface area contributed by atoms with Crippen molar-refractivity contribution in [2.45, 2.75) is 31.8 Å². The summed E-state index contributed by atoms with van der Waals surface area (Å²) in [7, 11) is 1.79. The van der Waals surface area contributed by atoms with Gasteiger partial charge in [0.1, 0.15) is 0 Å². The fraction of sp³-hybridized carbons (Fsp3) is 0.533. The first kappa shape index (κ1) is 16.2. The van der Waals surface area contributed by atoms with Gasteiger partial charge in [-0.15, -0.1) is 24.0 Å². The van der Waals surface area contributed by atoms with Gasteiger partial charge in [-0.25, -0.2) is 0 Å². The number of ether oxygens (including phenoxy) is 2. The summed E-state index contributed by atoms with van der Waals surface area (Å²) in [6.45, 7) is 2.10. The van der Waals surface area contributed by atoms with E-state index in [1.165, 1.54) is 12.8 Å². The monoisotopic (exact) mass is 403 g/mol. The molecule has 0 atom stereocenters. The van der Waals surface area contributed by atoms with Gasteiger partial charge in [-0.05, 0) is 18.9 Å². The lowest BCUT2D eigenvalue weighted by Gasteiger charge is -2.15. The molecule has 0 saturated heterocycles. The molecule has 2 N–H and O–H groups in total. The maximum absolute atomic E-state index is 5.81. The van der Waals surface area contributed by atoms with Crippen LogP contribution >= 0.6 is 24.0 Å². The molecule has 1 aliphatic carbocycles. The number of nitrogens with one attached hydrogen (secondary N) is 2. The summed E-state index contributed by atoms with van der Waals surface area (Å²) < 4.78 is 11.5. The molecule has 21 heavy (non-hydrogen) atoms. The Hall–Kier alpha value is -1.18. The topological polar surface area (TPSA) is 54.9 Å². The molecule has 116 valence electrons. The van der Waals surface area contributed by atoms with Crippen molar-refractivity contribution in [3.63, 3.8) is 0 Å². The zero-order valence-corrected chi connectivity index (χ0v) is 14.6. The molecule has 0 unspecified atom stereocenters. The second-order valence-corrected chi connectivity index (χ2v) is 5.14. The summed E-state index contributed by atoms with van der Waals surface area (Å²) in [4.78, 5) is 4.24. The first-order valence-electron chi connectivity index (χ1n) is 7.21. The third kappa shape index (κ3) is 4.39. The van der Waals surface area contributed by atoms with Crippen molar-refractivity contribution in [3.05, 3.63) is 23.8 Å². The quantitative estimate of drug-likeness (QED) is 0.462. The zero-order valence-electron chi connectivity index (χ0n) is 12.2. The molecular formula is C15H22IN3O2. The minimum Gasteiger partial charge on any atom is -0.490 e. The van der Waals surface area contributed by atoms with Gasteiger partial charge < -0.3 is 20.1 Å². The van der Waals surface area contributed by atoms with Crippen LogP contribution in [0.2, 0.25) is 0 Å². The van der Waals surface area contributed by atoms with Crippen molar-refractivity contribution in [1.82, 2.24) is 10.6 Å². The predicted octanol–water partition coefficient (Wildman–Crippen LogP) is 2.29. The molecule has 1 heterocycles. The van der Waals surface area contributed by atoms with Crippen LogP contribution in [0.3, 0.4) is 0 Å². The van der Waals surface area contributed by atoms with Gasteiger partial charge in [-0.2, -0.15) is 0 Å². The number of hydrogen-bond donors (Lipinski definition) is 2. The predicted molar refractivity (Wildman–Crippen MR) is 93.8 cm³/mol. The van der Waals surface area contributed by atoms with Gasteiger partial charge in [0.05, 0.1) is 13.2 Å². The van der Waals surface area contributed by atoms with E-state index in [0.29, 0.717) is 19.2 Å². The van der Waals surface area contributed by atoms with E-state index < -0.39 is 0 Å². The minimum atomic E-state index is 0. The van der Waals surface area contributed by atoms with Gasteiger partial charge in [0.15, 0.2) is 17.5 Å². The third-order valence-corrected chi connectivity index (χ3v) is 3.44.